The van der Waals surface area contributed by atoms with Gasteiger partial charge in [0.1, 0.15) is 0 Å². The second-order valence-electron chi connectivity index (χ2n) is 4.67. The highest BCUT2D eigenvalue weighted by Gasteiger charge is 2.20. The van der Waals surface area contributed by atoms with Crippen LogP contribution in [0.3, 0.4) is 0 Å². The first kappa shape index (κ1) is 13.9. The Kier molecular flexibility index (Phi) is 3.79. The van der Waals surface area contributed by atoms with Crippen LogP contribution < -0.4 is 9.47 Å². The van der Waals surface area contributed by atoms with Crippen molar-refractivity contribution in [1.82, 2.24) is 0 Å². The third kappa shape index (κ3) is 2.85. The maximum atomic E-state index is 11.0. The minimum Gasteiger partial charge on any atom is -0.454 e. The summed E-state index contributed by atoms with van der Waals surface area (Å²) in [4.78, 5) is 10.7. The number of alkyl halides is 1. The summed E-state index contributed by atoms with van der Waals surface area (Å²) < 4.78 is 10.6. The minimum absolute atomic E-state index is 0.0342. The van der Waals surface area contributed by atoms with Gasteiger partial charge in [0, 0.05) is 16.5 Å². The average molecular weight is 350 g/mol. The predicted molar refractivity (Wildman–Crippen MR) is 81.0 cm³/mol. The molecule has 0 bridgehead atoms. The molecule has 1 atom stereocenters. The molecular formula is C15H12BrNO4. The lowest BCUT2D eigenvalue weighted by molar-refractivity contribution is -0.385. The Morgan fingerprint density at radius 3 is 2.76 bits per heavy atom. The molecule has 0 fully saturated rings. The maximum Gasteiger partial charge on any atom is 0.272 e. The van der Waals surface area contributed by atoms with Crippen molar-refractivity contribution in [2.45, 2.75) is 11.2 Å². The number of ether oxygens (including phenoxy) is 2. The van der Waals surface area contributed by atoms with Crippen molar-refractivity contribution in [2.75, 3.05) is 6.79 Å². The van der Waals surface area contributed by atoms with Crippen LogP contribution in [-0.2, 0) is 6.42 Å². The molecular weight excluding hydrogens is 338 g/mol. The van der Waals surface area contributed by atoms with E-state index in [2.05, 4.69) is 15.9 Å². The van der Waals surface area contributed by atoms with Crippen LogP contribution in [0.1, 0.15) is 16.0 Å². The first-order valence-corrected chi connectivity index (χ1v) is 7.32. The van der Waals surface area contributed by atoms with Gasteiger partial charge in [0.05, 0.1) is 4.92 Å². The fourth-order valence-electron chi connectivity index (χ4n) is 2.28. The fourth-order valence-corrected chi connectivity index (χ4v) is 2.91. The molecule has 1 unspecified atom stereocenters. The molecule has 1 aliphatic rings. The molecule has 21 heavy (non-hydrogen) atoms. The standard InChI is InChI=1S/C15H12BrNO4/c16-12(7-11-3-1-2-4-13(11)17(18)19)10-5-6-14-15(8-10)21-9-20-14/h1-6,8,12H,7,9H2. The summed E-state index contributed by atoms with van der Waals surface area (Å²) in [5.74, 6) is 1.43. The summed E-state index contributed by atoms with van der Waals surface area (Å²) in [6, 6.07) is 12.5. The summed E-state index contributed by atoms with van der Waals surface area (Å²) in [5, 5.41) is 11.0. The zero-order chi connectivity index (χ0) is 14.8. The van der Waals surface area contributed by atoms with Crippen LogP contribution >= 0.6 is 15.9 Å². The largest absolute Gasteiger partial charge is 0.454 e. The van der Waals surface area contributed by atoms with Gasteiger partial charge < -0.3 is 9.47 Å². The third-order valence-electron chi connectivity index (χ3n) is 3.35. The van der Waals surface area contributed by atoms with Crippen LogP contribution in [-0.4, -0.2) is 11.7 Å². The highest BCUT2D eigenvalue weighted by Crippen LogP contribution is 2.38. The number of fused-ring (bicyclic) bond motifs is 1. The molecule has 1 aliphatic heterocycles. The number of nitro benzene ring substituents is 1. The topological polar surface area (TPSA) is 61.6 Å². The molecule has 0 saturated heterocycles. The molecule has 0 aromatic heterocycles. The second kappa shape index (κ2) is 5.73. The van der Waals surface area contributed by atoms with Crippen molar-refractivity contribution in [2.24, 2.45) is 0 Å². The number of hydrogen-bond acceptors (Lipinski definition) is 4. The van der Waals surface area contributed by atoms with E-state index in [-0.39, 0.29) is 22.2 Å². The van der Waals surface area contributed by atoms with Gasteiger partial charge in [-0.2, -0.15) is 0 Å². The minimum atomic E-state index is -0.352. The molecule has 2 aromatic rings. The Morgan fingerprint density at radius 2 is 1.95 bits per heavy atom. The SMILES string of the molecule is O=[N+]([O-])c1ccccc1CC(Br)c1ccc2c(c1)OCO2. The van der Waals surface area contributed by atoms with Crippen molar-refractivity contribution in [1.29, 1.82) is 0 Å². The van der Waals surface area contributed by atoms with E-state index in [1.807, 2.05) is 24.3 Å². The number of benzene rings is 2. The monoisotopic (exact) mass is 349 g/mol. The predicted octanol–water partition coefficient (Wildman–Crippen LogP) is 4.00. The van der Waals surface area contributed by atoms with E-state index in [4.69, 9.17) is 9.47 Å². The summed E-state index contributed by atoms with van der Waals surface area (Å²) in [6.07, 6.45) is 0.525. The molecule has 3 rings (SSSR count). The van der Waals surface area contributed by atoms with Crippen LogP contribution in [0.15, 0.2) is 42.5 Å². The summed E-state index contributed by atoms with van der Waals surface area (Å²) in [7, 11) is 0. The quantitative estimate of drug-likeness (QED) is 0.475. The zero-order valence-electron chi connectivity index (χ0n) is 11.0. The van der Waals surface area contributed by atoms with E-state index in [1.165, 1.54) is 6.07 Å². The number of hydrogen-bond donors (Lipinski definition) is 0. The van der Waals surface area contributed by atoms with Gasteiger partial charge in [0.25, 0.3) is 5.69 Å². The Bertz CT molecular complexity index is 689. The van der Waals surface area contributed by atoms with Crippen molar-refractivity contribution in [3.63, 3.8) is 0 Å². The highest BCUT2D eigenvalue weighted by atomic mass is 79.9. The lowest BCUT2D eigenvalue weighted by Gasteiger charge is -2.11. The summed E-state index contributed by atoms with van der Waals surface area (Å²) >= 11 is 3.60. The van der Waals surface area contributed by atoms with Crippen molar-refractivity contribution < 1.29 is 14.4 Å². The Balaban J connectivity index is 1.83. The van der Waals surface area contributed by atoms with E-state index in [1.54, 1.807) is 12.1 Å². The van der Waals surface area contributed by atoms with E-state index < -0.39 is 0 Å². The molecule has 5 nitrogen and oxygen atoms in total. The van der Waals surface area contributed by atoms with Gasteiger partial charge in [0.15, 0.2) is 11.5 Å². The molecule has 0 radical (unpaired) electrons. The molecule has 108 valence electrons. The molecule has 0 aliphatic carbocycles. The normalized spacial score (nSPS) is 14.0. The van der Waals surface area contributed by atoms with Gasteiger partial charge in [-0.1, -0.05) is 40.2 Å². The van der Waals surface area contributed by atoms with Gasteiger partial charge in [-0.3, -0.25) is 10.1 Å². The van der Waals surface area contributed by atoms with E-state index >= 15 is 0 Å². The summed E-state index contributed by atoms with van der Waals surface area (Å²) in [6.45, 7) is 0.232. The highest BCUT2D eigenvalue weighted by molar-refractivity contribution is 9.09. The van der Waals surface area contributed by atoms with Crippen LogP contribution in [0.5, 0.6) is 11.5 Å². The molecule has 0 spiro atoms. The number of nitro groups is 1. The molecule has 6 heteroatoms. The Labute approximate surface area is 129 Å². The van der Waals surface area contributed by atoms with Crippen LogP contribution in [0.2, 0.25) is 0 Å². The molecule has 0 amide bonds. The number of para-hydroxylation sites is 1. The van der Waals surface area contributed by atoms with Gasteiger partial charge in [-0.25, -0.2) is 0 Å². The van der Waals surface area contributed by atoms with Crippen molar-refractivity contribution in [3.8, 4) is 11.5 Å². The average Bonchev–Trinajstić information content (AvgIpc) is 2.94. The van der Waals surface area contributed by atoms with Crippen molar-refractivity contribution >= 4 is 21.6 Å². The lowest BCUT2D eigenvalue weighted by atomic mass is 10.0. The fraction of sp³-hybridized carbons (Fsp3) is 0.200. The lowest BCUT2D eigenvalue weighted by Crippen LogP contribution is -2.00. The maximum absolute atomic E-state index is 11.0. The molecule has 2 aromatic carbocycles. The van der Waals surface area contributed by atoms with Gasteiger partial charge >= 0.3 is 0 Å². The first-order valence-electron chi connectivity index (χ1n) is 6.41. The number of halogens is 1. The Hall–Kier alpha value is -2.08. The molecule has 1 heterocycles. The first-order chi connectivity index (χ1) is 10.1. The molecule has 0 N–H and O–H groups in total. The number of nitrogens with zero attached hydrogens (tertiary/aromatic N) is 1. The smallest absolute Gasteiger partial charge is 0.272 e. The van der Waals surface area contributed by atoms with Crippen LogP contribution in [0.25, 0.3) is 0 Å². The number of rotatable bonds is 4. The van der Waals surface area contributed by atoms with Crippen LogP contribution in [0, 0.1) is 10.1 Å². The molecule has 0 saturated carbocycles. The van der Waals surface area contributed by atoms with Gasteiger partial charge in [-0.05, 0) is 24.1 Å². The Morgan fingerprint density at radius 1 is 1.19 bits per heavy atom. The van der Waals surface area contributed by atoms with E-state index in [0.29, 0.717) is 17.7 Å². The van der Waals surface area contributed by atoms with Gasteiger partial charge in [0.2, 0.25) is 6.79 Å². The van der Waals surface area contributed by atoms with Gasteiger partial charge in [-0.15, -0.1) is 0 Å². The third-order valence-corrected chi connectivity index (χ3v) is 4.20. The van der Waals surface area contributed by atoms with Crippen molar-refractivity contribution in [3.05, 3.63) is 63.7 Å². The summed E-state index contributed by atoms with van der Waals surface area (Å²) in [5.41, 5.74) is 1.84. The van der Waals surface area contributed by atoms with E-state index in [9.17, 15) is 10.1 Å². The van der Waals surface area contributed by atoms with Crippen LogP contribution in [0.4, 0.5) is 5.69 Å². The zero-order valence-corrected chi connectivity index (χ0v) is 12.6. The second-order valence-corrected chi connectivity index (χ2v) is 5.78. The van der Waals surface area contributed by atoms with E-state index in [0.717, 1.165) is 11.3 Å².